The van der Waals surface area contributed by atoms with Crippen molar-refractivity contribution in [3.8, 4) is 0 Å². The summed E-state index contributed by atoms with van der Waals surface area (Å²) in [6.45, 7) is 3.44. The van der Waals surface area contributed by atoms with Gasteiger partial charge in [-0.2, -0.15) is 5.10 Å². The molecule has 2 aromatic heterocycles. The van der Waals surface area contributed by atoms with Gasteiger partial charge in [0.25, 0.3) is 5.91 Å². The number of piperidine rings is 1. The molecular formula is C14H18N4O2. The Morgan fingerprint density at radius 3 is 3.10 bits per heavy atom. The quantitative estimate of drug-likeness (QED) is 0.857. The number of aromatic nitrogens is 3. The summed E-state index contributed by atoms with van der Waals surface area (Å²) in [7, 11) is 0. The first-order valence-corrected chi connectivity index (χ1v) is 7.00. The van der Waals surface area contributed by atoms with E-state index in [0.717, 1.165) is 31.6 Å². The Balaban J connectivity index is 1.71. The molecule has 1 fully saturated rings. The lowest BCUT2D eigenvalue weighted by Crippen LogP contribution is -2.40. The molecule has 106 valence electrons. The summed E-state index contributed by atoms with van der Waals surface area (Å²) in [6.07, 6.45) is 6.03. The van der Waals surface area contributed by atoms with E-state index in [2.05, 4.69) is 10.1 Å². The Bertz CT molecular complexity index is 576. The van der Waals surface area contributed by atoms with Crippen LogP contribution in [0.1, 0.15) is 42.1 Å². The average molecular weight is 274 g/mol. The molecule has 1 amide bonds. The molecule has 1 aliphatic rings. The predicted octanol–water partition coefficient (Wildman–Crippen LogP) is 1.91. The van der Waals surface area contributed by atoms with Crippen LogP contribution in [0.15, 0.2) is 29.2 Å². The number of hydrogen-bond donors (Lipinski definition) is 0. The highest BCUT2D eigenvalue weighted by Gasteiger charge is 2.27. The molecule has 0 spiro atoms. The maximum absolute atomic E-state index is 12.4. The van der Waals surface area contributed by atoms with Crippen molar-refractivity contribution in [2.45, 2.75) is 32.2 Å². The number of carbonyl (C=O) groups is 1. The van der Waals surface area contributed by atoms with Gasteiger partial charge in [-0.3, -0.25) is 4.79 Å². The number of hydrogen-bond acceptors (Lipinski definition) is 4. The average Bonchev–Trinajstić information content (AvgIpc) is 3.17. The highest BCUT2D eigenvalue weighted by atomic mass is 16.4. The maximum atomic E-state index is 12.4. The molecule has 0 aliphatic carbocycles. The van der Waals surface area contributed by atoms with Crippen molar-refractivity contribution >= 4 is 5.91 Å². The van der Waals surface area contributed by atoms with Gasteiger partial charge in [-0.15, -0.1) is 0 Å². The fraction of sp³-hybridized carbons (Fsp3) is 0.500. The molecule has 0 saturated carbocycles. The van der Waals surface area contributed by atoms with E-state index in [9.17, 15) is 4.79 Å². The van der Waals surface area contributed by atoms with Gasteiger partial charge >= 0.3 is 0 Å². The zero-order valence-electron chi connectivity index (χ0n) is 11.5. The molecule has 2 aromatic rings. The van der Waals surface area contributed by atoms with Gasteiger partial charge in [0.1, 0.15) is 18.4 Å². The zero-order valence-corrected chi connectivity index (χ0v) is 11.5. The van der Waals surface area contributed by atoms with E-state index in [1.54, 1.807) is 12.4 Å². The summed E-state index contributed by atoms with van der Waals surface area (Å²) in [5.74, 6) is 1.24. The number of furan rings is 1. The van der Waals surface area contributed by atoms with Crippen LogP contribution in [0.4, 0.5) is 0 Å². The van der Waals surface area contributed by atoms with Crippen LogP contribution in [0.2, 0.25) is 0 Å². The third-order valence-corrected chi connectivity index (χ3v) is 3.72. The van der Waals surface area contributed by atoms with E-state index in [1.165, 1.54) is 6.33 Å². The molecule has 0 bridgehead atoms. The largest absolute Gasteiger partial charge is 0.456 e. The molecule has 3 rings (SSSR count). The number of aryl methyl sites for hydroxylation is 1. The van der Waals surface area contributed by atoms with Gasteiger partial charge in [0.2, 0.25) is 0 Å². The first kappa shape index (κ1) is 12.9. The van der Waals surface area contributed by atoms with Gasteiger partial charge in [-0.05, 0) is 25.0 Å². The Labute approximate surface area is 117 Å². The lowest BCUT2D eigenvalue weighted by molar-refractivity contribution is 0.0639. The minimum atomic E-state index is -0.0329. The summed E-state index contributed by atoms with van der Waals surface area (Å²) in [6, 6.07) is 3.84. The molecule has 1 aliphatic heterocycles. The van der Waals surface area contributed by atoms with Crippen LogP contribution < -0.4 is 0 Å². The third-order valence-electron chi connectivity index (χ3n) is 3.72. The summed E-state index contributed by atoms with van der Waals surface area (Å²) in [5.41, 5.74) is 0. The lowest BCUT2D eigenvalue weighted by Gasteiger charge is -2.32. The number of amides is 1. The third kappa shape index (κ3) is 2.45. The van der Waals surface area contributed by atoms with Crippen LogP contribution in [-0.4, -0.2) is 38.7 Å². The smallest absolute Gasteiger partial charge is 0.289 e. The van der Waals surface area contributed by atoms with Gasteiger partial charge in [0.05, 0.1) is 6.04 Å². The van der Waals surface area contributed by atoms with Crippen molar-refractivity contribution in [3.05, 3.63) is 36.3 Å². The molecule has 1 atom stereocenters. The second-order valence-corrected chi connectivity index (χ2v) is 5.04. The van der Waals surface area contributed by atoms with E-state index >= 15 is 0 Å². The Morgan fingerprint density at radius 2 is 2.40 bits per heavy atom. The molecule has 0 N–H and O–H groups in total. The molecule has 0 unspecified atom stereocenters. The van der Waals surface area contributed by atoms with E-state index in [0.29, 0.717) is 12.3 Å². The van der Waals surface area contributed by atoms with Crippen molar-refractivity contribution in [1.82, 2.24) is 19.7 Å². The number of nitrogens with zero attached hydrogens (tertiary/aromatic N) is 4. The molecule has 0 aromatic carbocycles. The second-order valence-electron chi connectivity index (χ2n) is 5.04. The normalized spacial score (nSPS) is 19.2. The van der Waals surface area contributed by atoms with Crippen LogP contribution in [0, 0.1) is 0 Å². The summed E-state index contributed by atoms with van der Waals surface area (Å²) < 4.78 is 7.38. The van der Waals surface area contributed by atoms with Gasteiger partial charge in [-0.25, -0.2) is 9.67 Å². The molecule has 6 heteroatoms. The van der Waals surface area contributed by atoms with Crippen LogP contribution in [0.3, 0.4) is 0 Å². The van der Waals surface area contributed by atoms with Crippen molar-refractivity contribution in [3.63, 3.8) is 0 Å². The van der Waals surface area contributed by atoms with Crippen molar-refractivity contribution in [1.29, 1.82) is 0 Å². The zero-order chi connectivity index (χ0) is 13.9. The highest BCUT2D eigenvalue weighted by molar-refractivity contribution is 5.91. The number of rotatable bonds is 3. The molecule has 20 heavy (non-hydrogen) atoms. The Morgan fingerprint density at radius 1 is 1.50 bits per heavy atom. The fourth-order valence-electron chi connectivity index (χ4n) is 2.60. The summed E-state index contributed by atoms with van der Waals surface area (Å²) in [5, 5.41) is 4.17. The van der Waals surface area contributed by atoms with Crippen molar-refractivity contribution < 1.29 is 9.21 Å². The maximum Gasteiger partial charge on any atom is 0.289 e. The van der Waals surface area contributed by atoms with Crippen LogP contribution in [0.5, 0.6) is 0 Å². The fourth-order valence-corrected chi connectivity index (χ4v) is 2.60. The monoisotopic (exact) mass is 274 g/mol. The van der Waals surface area contributed by atoms with Crippen LogP contribution in [-0.2, 0) is 6.42 Å². The molecule has 1 saturated heterocycles. The molecule has 0 radical (unpaired) electrons. The van der Waals surface area contributed by atoms with E-state index in [-0.39, 0.29) is 11.9 Å². The topological polar surface area (TPSA) is 64.2 Å². The van der Waals surface area contributed by atoms with E-state index in [4.69, 9.17) is 4.42 Å². The predicted molar refractivity (Wildman–Crippen MR) is 72.3 cm³/mol. The van der Waals surface area contributed by atoms with Gasteiger partial charge in [-0.1, -0.05) is 6.92 Å². The van der Waals surface area contributed by atoms with Crippen LogP contribution in [0.25, 0.3) is 0 Å². The molecule has 6 nitrogen and oxygen atoms in total. The van der Waals surface area contributed by atoms with Crippen LogP contribution >= 0.6 is 0 Å². The Hall–Kier alpha value is -2.11. The van der Waals surface area contributed by atoms with Gasteiger partial charge < -0.3 is 9.32 Å². The standard InChI is InChI=1S/C14H18N4O2/c1-2-12-5-6-13(20-12)14(19)17-7-3-4-11(8-17)18-10-15-9-16-18/h5-6,9-11H,2-4,7-8H2,1H3/t11-/m0/s1. The lowest BCUT2D eigenvalue weighted by atomic mass is 10.1. The highest BCUT2D eigenvalue weighted by Crippen LogP contribution is 2.22. The minimum absolute atomic E-state index is 0.0329. The van der Waals surface area contributed by atoms with Crippen molar-refractivity contribution in [2.75, 3.05) is 13.1 Å². The summed E-state index contributed by atoms with van der Waals surface area (Å²) >= 11 is 0. The molecule has 3 heterocycles. The summed E-state index contributed by atoms with van der Waals surface area (Å²) in [4.78, 5) is 18.2. The Kier molecular flexibility index (Phi) is 3.54. The first-order chi connectivity index (χ1) is 9.78. The SMILES string of the molecule is CCc1ccc(C(=O)N2CCC[C@H](n3cncn3)C2)o1. The van der Waals surface area contributed by atoms with E-state index < -0.39 is 0 Å². The first-order valence-electron chi connectivity index (χ1n) is 7.00. The van der Waals surface area contributed by atoms with Crippen molar-refractivity contribution in [2.24, 2.45) is 0 Å². The van der Waals surface area contributed by atoms with Gasteiger partial charge in [0.15, 0.2) is 5.76 Å². The van der Waals surface area contributed by atoms with E-state index in [1.807, 2.05) is 22.6 Å². The van der Waals surface area contributed by atoms with Gasteiger partial charge in [0, 0.05) is 19.5 Å². The second kappa shape index (κ2) is 5.48. The molecular weight excluding hydrogens is 256 g/mol. The number of likely N-dealkylation sites (tertiary alicyclic amines) is 1. The minimum Gasteiger partial charge on any atom is -0.456 e. The number of carbonyl (C=O) groups excluding carboxylic acids is 1.